The van der Waals surface area contributed by atoms with Gasteiger partial charge in [0.1, 0.15) is 6.61 Å². The van der Waals surface area contributed by atoms with E-state index in [0.29, 0.717) is 6.61 Å². The maximum atomic E-state index is 11.7. The summed E-state index contributed by atoms with van der Waals surface area (Å²) in [5.74, 6) is -0.0797. The molecule has 3 heterocycles. The summed E-state index contributed by atoms with van der Waals surface area (Å²) in [6, 6.07) is 11.9. The number of carbonyl (C=O) groups excluding carboxylic acids is 1. The van der Waals surface area contributed by atoms with Gasteiger partial charge in [0.05, 0.1) is 12.3 Å². The highest BCUT2D eigenvalue weighted by atomic mass is 35.5. The number of nitrogens with one attached hydrogen (secondary N) is 2. The molecule has 1 fully saturated rings. The lowest BCUT2D eigenvalue weighted by Gasteiger charge is -2.34. The minimum absolute atomic E-state index is 0.0326. The van der Waals surface area contributed by atoms with Crippen molar-refractivity contribution >= 4 is 23.5 Å². The molecular weight excluding hydrogens is 432 g/mol. The van der Waals surface area contributed by atoms with Crippen LogP contribution in [0.15, 0.2) is 42.6 Å². The second kappa shape index (κ2) is 11.1. The summed E-state index contributed by atoms with van der Waals surface area (Å²) in [7, 11) is 0. The lowest BCUT2D eigenvalue weighted by atomic mass is 10.1. The second-order valence-corrected chi connectivity index (χ2v) is 7.92. The first-order valence-corrected chi connectivity index (χ1v) is 10.8. The number of tetrazole rings is 1. The zero-order valence-electron chi connectivity index (χ0n) is 17.6. The van der Waals surface area contributed by atoms with Crippen LogP contribution in [0.1, 0.15) is 5.56 Å². The number of hydrogen-bond donors (Lipinski definition) is 2. The Labute approximate surface area is 190 Å². The number of ether oxygens (including phenoxy) is 1. The fourth-order valence-electron chi connectivity index (χ4n) is 3.58. The van der Waals surface area contributed by atoms with Crippen LogP contribution < -0.4 is 5.32 Å². The van der Waals surface area contributed by atoms with Gasteiger partial charge in [-0.2, -0.15) is 0 Å². The van der Waals surface area contributed by atoms with Gasteiger partial charge < -0.3 is 4.74 Å². The molecule has 0 radical (unpaired) electrons. The Kier molecular flexibility index (Phi) is 7.73. The minimum Gasteiger partial charge on any atom is -0.370 e. The molecular formula is C21H25ClN8O2. The number of aromatic amines is 1. The van der Waals surface area contributed by atoms with Crippen molar-refractivity contribution in [2.75, 3.05) is 51.3 Å². The van der Waals surface area contributed by atoms with Gasteiger partial charge in [-0.1, -0.05) is 34.9 Å². The quantitative estimate of drug-likeness (QED) is 0.468. The average molecular weight is 457 g/mol. The van der Waals surface area contributed by atoms with E-state index < -0.39 is 0 Å². The van der Waals surface area contributed by atoms with Gasteiger partial charge in [0, 0.05) is 56.1 Å². The maximum absolute atomic E-state index is 11.7. The molecule has 1 aliphatic rings. The molecule has 168 valence electrons. The summed E-state index contributed by atoms with van der Waals surface area (Å²) in [6.45, 7) is 5.94. The summed E-state index contributed by atoms with van der Waals surface area (Å²) in [5, 5.41) is 16.1. The van der Waals surface area contributed by atoms with Crippen molar-refractivity contribution in [1.29, 1.82) is 0 Å². The molecule has 3 aromatic rings. The Morgan fingerprint density at radius 2 is 1.91 bits per heavy atom. The van der Waals surface area contributed by atoms with Crippen LogP contribution in [0.3, 0.4) is 0 Å². The molecule has 0 unspecified atom stereocenters. The first-order chi connectivity index (χ1) is 15.7. The van der Waals surface area contributed by atoms with Crippen LogP contribution in [-0.2, 0) is 16.1 Å². The van der Waals surface area contributed by atoms with E-state index in [1.807, 2.05) is 36.5 Å². The Morgan fingerprint density at radius 3 is 2.66 bits per heavy atom. The molecule has 2 aromatic heterocycles. The Morgan fingerprint density at radius 1 is 1.12 bits per heavy atom. The first-order valence-electron chi connectivity index (χ1n) is 10.4. The van der Waals surface area contributed by atoms with Crippen molar-refractivity contribution in [2.24, 2.45) is 0 Å². The third-order valence-electron chi connectivity index (χ3n) is 5.26. The van der Waals surface area contributed by atoms with Gasteiger partial charge in [-0.25, -0.2) is 5.10 Å². The van der Waals surface area contributed by atoms with Crippen LogP contribution in [0, 0.1) is 0 Å². The molecule has 32 heavy (non-hydrogen) atoms. The zero-order chi connectivity index (χ0) is 22.2. The van der Waals surface area contributed by atoms with E-state index in [9.17, 15) is 4.79 Å². The van der Waals surface area contributed by atoms with Crippen molar-refractivity contribution in [3.05, 3.63) is 53.2 Å². The van der Waals surface area contributed by atoms with E-state index >= 15 is 0 Å². The second-order valence-electron chi connectivity index (χ2n) is 7.49. The van der Waals surface area contributed by atoms with E-state index in [4.69, 9.17) is 16.3 Å². The van der Waals surface area contributed by atoms with E-state index in [1.165, 1.54) is 5.56 Å². The predicted octanol–water partition coefficient (Wildman–Crippen LogP) is 1.69. The minimum atomic E-state index is -0.290. The Bertz CT molecular complexity index is 991. The van der Waals surface area contributed by atoms with Crippen LogP contribution >= 0.6 is 11.6 Å². The van der Waals surface area contributed by atoms with Crippen molar-refractivity contribution < 1.29 is 9.53 Å². The largest absolute Gasteiger partial charge is 0.370 e. The van der Waals surface area contributed by atoms with E-state index in [-0.39, 0.29) is 18.5 Å². The van der Waals surface area contributed by atoms with Gasteiger partial charge in [0.2, 0.25) is 5.95 Å². The highest BCUT2D eigenvalue weighted by Crippen LogP contribution is 2.24. The lowest BCUT2D eigenvalue weighted by molar-refractivity contribution is -0.120. The standard InChI is InChI=1S/C21H25ClN8O2/c22-18-5-3-16(4-6-18)20-17(2-1-7-23-20)14-30-10-8-29(9-11-30)12-13-32-15-19(31)24-21-25-27-28-26-21/h1-7H,8-15H2,(H2,24,25,26,27,28,31). The summed E-state index contributed by atoms with van der Waals surface area (Å²) in [6.07, 6.45) is 1.83. The number of carbonyl (C=O) groups is 1. The summed E-state index contributed by atoms with van der Waals surface area (Å²) in [4.78, 5) is 21.1. The third kappa shape index (κ3) is 6.30. The first kappa shape index (κ1) is 22.3. The fourth-order valence-corrected chi connectivity index (χ4v) is 3.71. The van der Waals surface area contributed by atoms with Crippen molar-refractivity contribution in [1.82, 2.24) is 35.4 Å². The van der Waals surface area contributed by atoms with Crippen molar-refractivity contribution in [3.8, 4) is 11.3 Å². The van der Waals surface area contributed by atoms with Crippen molar-refractivity contribution in [3.63, 3.8) is 0 Å². The molecule has 1 aliphatic heterocycles. The molecule has 0 atom stereocenters. The molecule has 0 bridgehead atoms. The zero-order valence-corrected chi connectivity index (χ0v) is 18.3. The van der Waals surface area contributed by atoms with E-state index in [1.54, 1.807) is 0 Å². The number of anilines is 1. The normalized spacial score (nSPS) is 15.0. The number of halogens is 1. The van der Waals surface area contributed by atoms with E-state index in [0.717, 1.165) is 55.5 Å². The summed E-state index contributed by atoms with van der Waals surface area (Å²) < 4.78 is 5.48. The third-order valence-corrected chi connectivity index (χ3v) is 5.51. The number of amides is 1. The number of aromatic nitrogens is 5. The van der Waals surface area contributed by atoms with Gasteiger partial charge in [0.15, 0.2) is 0 Å². The SMILES string of the molecule is O=C(COCCN1CCN(Cc2cccnc2-c2ccc(Cl)cc2)CC1)Nc1nnn[nH]1. The number of piperazine rings is 1. The number of rotatable bonds is 9. The summed E-state index contributed by atoms with van der Waals surface area (Å²) >= 11 is 6.03. The number of pyridine rings is 1. The van der Waals surface area contributed by atoms with Gasteiger partial charge >= 0.3 is 0 Å². The van der Waals surface area contributed by atoms with Gasteiger partial charge in [-0.05, 0) is 34.2 Å². The van der Waals surface area contributed by atoms with E-state index in [2.05, 4.69) is 46.8 Å². The molecule has 1 saturated heterocycles. The Balaban J connectivity index is 1.19. The van der Waals surface area contributed by atoms with Crippen LogP contribution in [0.2, 0.25) is 5.02 Å². The maximum Gasteiger partial charge on any atom is 0.252 e. The van der Waals surface area contributed by atoms with Crippen LogP contribution in [-0.4, -0.2) is 87.3 Å². The van der Waals surface area contributed by atoms with Crippen LogP contribution in [0.4, 0.5) is 5.95 Å². The number of H-pyrrole nitrogens is 1. The molecule has 4 rings (SSSR count). The molecule has 10 nitrogen and oxygen atoms in total. The highest BCUT2D eigenvalue weighted by molar-refractivity contribution is 6.30. The molecule has 1 amide bonds. The summed E-state index contributed by atoms with van der Waals surface area (Å²) in [5.41, 5.74) is 3.28. The molecule has 1 aromatic carbocycles. The smallest absolute Gasteiger partial charge is 0.252 e. The monoisotopic (exact) mass is 456 g/mol. The predicted molar refractivity (Wildman–Crippen MR) is 120 cm³/mol. The average Bonchev–Trinajstić information content (AvgIpc) is 3.32. The van der Waals surface area contributed by atoms with Gasteiger partial charge in [0.25, 0.3) is 5.91 Å². The number of benzene rings is 1. The molecule has 11 heteroatoms. The topological polar surface area (TPSA) is 112 Å². The fraction of sp³-hybridized carbons (Fsp3) is 0.381. The molecule has 0 saturated carbocycles. The van der Waals surface area contributed by atoms with Gasteiger partial charge in [-0.15, -0.1) is 0 Å². The Hall–Kier alpha value is -2.92. The lowest BCUT2D eigenvalue weighted by Crippen LogP contribution is -2.46. The molecule has 2 N–H and O–H groups in total. The van der Waals surface area contributed by atoms with Crippen molar-refractivity contribution in [2.45, 2.75) is 6.54 Å². The molecule has 0 aliphatic carbocycles. The van der Waals surface area contributed by atoms with Crippen LogP contribution in [0.5, 0.6) is 0 Å². The molecule has 0 spiro atoms. The number of nitrogens with zero attached hydrogens (tertiary/aromatic N) is 6. The van der Waals surface area contributed by atoms with Gasteiger partial charge in [-0.3, -0.25) is 24.9 Å². The number of hydrogen-bond acceptors (Lipinski definition) is 8. The highest BCUT2D eigenvalue weighted by Gasteiger charge is 2.18. The van der Waals surface area contributed by atoms with Crippen LogP contribution in [0.25, 0.3) is 11.3 Å².